The molecule has 2 aliphatic rings. The van der Waals surface area contributed by atoms with Crippen LogP contribution in [0.1, 0.15) is 50.6 Å². The van der Waals surface area contributed by atoms with Crippen molar-refractivity contribution in [2.75, 3.05) is 18.4 Å². The number of hydrogen-bond acceptors (Lipinski definition) is 5. The van der Waals surface area contributed by atoms with Gasteiger partial charge in [-0.05, 0) is 32.2 Å². The van der Waals surface area contributed by atoms with E-state index in [0.29, 0.717) is 11.9 Å². The van der Waals surface area contributed by atoms with Gasteiger partial charge in [0.25, 0.3) is 5.78 Å². The van der Waals surface area contributed by atoms with Crippen molar-refractivity contribution >= 4 is 11.6 Å². The normalized spacial score (nSPS) is 23.4. The summed E-state index contributed by atoms with van der Waals surface area (Å²) >= 11 is 0. The van der Waals surface area contributed by atoms with Crippen LogP contribution in [0.2, 0.25) is 0 Å². The van der Waals surface area contributed by atoms with Crippen molar-refractivity contribution in [3.63, 3.8) is 0 Å². The lowest BCUT2D eigenvalue weighted by Crippen LogP contribution is -2.47. The van der Waals surface area contributed by atoms with Gasteiger partial charge in [0, 0.05) is 24.7 Å². The number of nitrogens with one attached hydrogen (secondary N) is 1. The molecule has 2 aromatic rings. The van der Waals surface area contributed by atoms with Crippen LogP contribution in [0.25, 0.3) is 5.78 Å². The van der Waals surface area contributed by atoms with E-state index in [9.17, 15) is 13.2 Å². The minimum Gasteiger partial charge on any atom is -0.366 e. The van der Waals surface area contributed by atoms with E-state index in [0.717, 1.165) is 32.0 Å². The van der Waals surface area contributed by atoms with Gasteiger partial charge in [-0.2, -0.15) is 27.8 Å². The Kier molecular flexibility index (Phi) is 4.73. The lowest BCUT2D eigenvalue weighted by Gasteiger charge is -2.40. The molecule has 142 valence electrons. The average molecular weight is 368 g/mol. The van der Waals surface area contributed by atoms with E-state index in [2.05, 4.69) is 25.3 Å². The van der Waals surface area contributed by atoms with Gasteiger partial charge in [-0.25, -0.2) is 4.98 Å². The van der Waals surface area contributed by atoms with Crippen molar-refractivity contribution in [3.05, 3.63) is 18.1 Å². The molecule has 0 radical (unpaired) electrons. The van der Waals surface area contributed by atoms with Gasteiger partial charge >= 0.3 is 6.18 Å². The Bertz CT molecular complexity index is 753. The summed E-state index contributed by atoms with van der Waals surface area (Å²) in [5.41, 5.74) is -0.944. The largest absolute Gasteiger partial charge is 0.433 e. The molecule has 26 heavy (non-hydrogen) atoms. The molecule has 4 rings (SSSR count). The molecule has 1 saturated carbocycles. The first-order valence-corrected chi connectivity index (χ1v) is 9.29. The highest BCUT2D eigenvalue weighted by Crippen LogP contribution is 2.30. The van der Waals surface area contributed by atoms with Gasteiger partial charge < -0.3 is 5.32 Å². The third-order valence-electron chi connectivity index (χ3n) is 5.44. The van der Waals surface area contributed by atoms with E-state index in [4.69, 9.17) is 0 Å². The Morgan fingerprint density at radius 1 is 1.08 bits per heavy atom. The van der Waals surface area contributed by atoms with Crippen LogP contribution in [-0.4, -0.2) is 49.7 Å². The first kappa shape index (κ1) is 17.5. The van der Waals surface area contributed by atoms with E-state index in [1.165, 1.54) is 42.9 Å². The monoisotopic (exact) mass is 368 g/mol. The summed E-state index contributed by atoms with van der Waals surface area (Å²) in [5, 5.41) is 7.29. The van der Waals surface area contributed by atoms with Crippen molar-refractivity contribution in [2.45, 2.75) is 63.2 Å². The van der Waals surface area contributed by atoms with Crippen LogP contribution in [0.4, 0.5) is 19.0 Å². The molecule has 6 nitrogen and oxygen atoms in total. The number of nitrogens with zero attached hydrogens (tertiary/aromatic N) is 5. The Morgan fingerprint density at radius 3 is 2.65 bits per heavy atom. The standard InChI is InChI=1S/C17H23F3N6/c18-17(19,20)14-9-15(26-16(24-14)21-11-22-26)23-12-5-4-8-25(10-12)13-6-2-1-3-7-13/h9,11-13,23H,1-8,10H2. The second kappa shape index (κ2) is 7.02. The lowest BCUT2D eigenvalue weighted by atomic mass is 9.92. The van der Waals surface area contributed by atoms with E-state index < -0.39 is 11.9 Å². The molecule has 1 aliphatic heterocycles. The molecule has 9 heteroatoms. The van der Waals surface area contributed by atoms with Gasteiger partial charge in [0.2, 0.25) is 0 Å². The summed E-state index contributed by atoms with van der Waals surface area (Å²) in [4.78, 5) is 9.89. The summed E-state index contributed by atoms with van der Waals surface area (Å²) in [6, 6.07) is 1.74. The summed E-state index contributed by atoms with van der Waals surface area (Å²) in [6.45, 7) is 1.93. The maximum Gasteiger partial charge on any atom is 0.433 e. The fraction of sp³-hybridized carbons (Fsp3) is 0.706. The molecular weight excluding hydrogens is 345 g/mol. The SMILES string of the molecule is FC(F)(F)c1cc(NC2CCCN(C3CCCCC3)C2)n2ncnc2n1. The second-order valence-corrected chi connectivity index (χ2v) is 7.27. The molecule has 3 heterocycles. The average Bonchev–Trinajstić information content (AvgIpc) is 3.11. The van der Waals surface area contributed by atoms with Crippen molar-refractivity contribution in [2.24, 2.45) is 0 Å². The quantitative estimate of drug-likeness (QED) is 0.900. The zero-order valence-corrected chi connectivity index (χ0v) is 14.5. The molecule has 1 atom stereocenters. The van der Waals surface area contributed by atoms with E-state index in [-0.39, 0.29) is 11.8 Å². The van der Waals surface area contributed by atoms with Crippen LogP contribution in [0.15, 0.2) is 12.4 Å². The van der Waals surface area contributed by atoms with Gasteiger partial charge in [-0.3, -0.25) is 4.90 Å². The minimum absolute atomic E-state index is 0.0396. The van der Waals surface area contributed by atoms with E-state index in [1.54, 1.807) is 0 Å². The number of alkyl halides is 3. The van der Waals surface area contributed by atoms with Crippen molar-refractivity contribution < 1.29 is 13.2 Å². The molecule has 0 aromatic carbocycles. The number of aromatic nitrogens is 4. The molecular formula is C17H23F3N6. The predicted molar refractivity (Wildman–Crippen MR) is 90.9 cm³/mol. The molecule has 0 amide bonds. The smallest absolute Gasteiger partial charge is 0.366 e. The van der Waals surface area contributed by atoms with Gasteiger partial charge in [-0.15, -0.1) is 0 Å². The van der Waals surface area contributed by atoms with E-state index >= 15 is 0 Å². The minimum atomic E-state index is -4.51. The molecule has 1 aliphatic carbocycles. The zero-order chi connectivity index (χ0) is 18.1. The molecule has 2 fully saturated rings. The molecule has 0 spiro atoms. The van der Waals surface area contributed by atoms with Crippen molar-refractivity contribution in [3.8, 4) is 0 Å². The molecule has 1 unspecified atom stereocenters. The van der Waals surface area contributed by atoms with Crippen LogP contribution in [-0.2, 0) is 6.18 Å². The van der Waals surface area contributed by atoms with Gasteiger partial charge in [0.05, 0.1) is 0 Å². The third-order valence-corrected chi connectivity index (χ3v) is 5.44. The summed E-state index contributed by atoms with van der Waals surface area (Å²) in [5.74, 6) is 0.262. The van der Waals surface area contributed by atoms with Crippen molar-refractivity contribution in [1.29, 1.82) is 0 Å². The first-order valence-electron chi connectivity index (χ1n) is 9.29. The number of halogens is 3. The van der Waals surface area contributed by atoms with Gasteiger partial charge in [-0.1, -0.05) is 19.3 Å². The van der Waals surface area contributed by atoms with Crippen molar-refractivity contribution in [1.82, 2.24) is 24.5 Å². The summed E-state index contributed by atoms with van der Waals surface area (Å²) in [6.07, 6.45) is 5.02. The van der Waals surface area contributed by atoms with Gasteiger partial charge in [0.1, 0.15) is 12.1 Å². The summed E-state index contributed by atoms with van der Waals surface area (Å²) in [7, 11) is 0. The molecule has 2 aromatic heterocycles. The van der Waals surface area contributed by atoms with Gasteiger partial charge in [0.15, 0.2) is 5.69 Å². The number of anilines is 1. The van der Waals surface area contributed by atoms with E-state index in [1.807, 2.05) is 0 Å². The number of fused-ring (bicyclic) bond motifs is 1. The first-order chi connectivity index (χ1) is 12.5. The highest BCUT2D eigenvalue weighted by atomic mass is 19.4. The molecule has 1 saturated heterocycles. The van der Waals surface area contributed by atoms with Crippen LogP contribution >= 0.6 is 0 Å². The number of likely N-dealkylation sites (tertiary alicyclic amines) is 1. The van der Waals surface area contributed by atoms with Crippen LogP contribution < -0.4 is 5.32 Å². The van der Waals surface area contributed by atoms with Crippen LogP contribution in [0, 0.1) is 0 Å². The highest BCUT2D eigenvalue weighted by molar-refractivity contribution is 5.46. The number of rotatable bonds is 3. The maximum atomic E-state index is 13.1. The topological polar surface area (TPSA) is 58.4 Å². The Hall–Kier alpha value is -1.90. The predicted octanol–water partition coefficient (Wildman–Crippen LogP) is 3.35. The lowest BCUT2D eigenvalue weighted by molar-refractivity contribution is -0.141. The fourth-order valence-corrected chi connectivity index (χ4v) is 4.17. The number of hydrogen-bond donors (Lipinski definition) is 1. The molecule has 0 bridgehead atoms. The highest BCUT2D eigenvalue weighted by Gasteiger charge is 2.34. The third kappa shape index (κ3) is 3.62. The van der Waals surface area contributed by atoms with Crippen LogP contribution in [0.5, 0.6) is 0 Å². The second-order valence-electron chi connectivity index (χ2n) is 7.27. The fourth-order valence-electron chi connectivity index (χ4n) is 4.17. The number of piperidine rings is 1. The zero-order valence-electron chi connectivity index (χ0n) is 14.5. The summed E-state index contributed by atoms with van der Waals surface area (Å²) < 4.78 is 40.7. The molecule has 1 N–H and O–H groups in total. The Balaban J connectivity index is 1.53. The van der Waals surface area contributed by atoms with Crippen LogP contribution in [0.3, 0.4) is 0 Å². The Morgan fingerprint density at radius 2 is 1.88 bits per heavy atom. The maximum absolute atomic E-state index is 13.1. The Labute approximate surface area is 149 Å².